The number of hydrazine groups is 1. The first kappa shape index (κ1) is 27.6. The number of rotatable bonds is 7. The molecule has 1 atom stereocenters. The highest BCUT2D eigenvalue weighted by Crippen LogP contribution is 2.31. The predicted molar refractivity (Wildman–Crippen MR) is 154 cm³/mol. The standard InChI is InChI=1S/C27H29ClN8O3/c1-30-33-16-36(29)24-10-8-19(28)13-17(24)7-11-25(37)34-22-5-3-2-4-12-31-21-9-6-18(27(38)39)14-20(21)23-15-32-26(22)35-23/h6-11,13-16,22,31H,1-5,12,29H2,(H,32,35)(H,34,37)(H,38,39)/b11-7+,33-16-/t22-/m0/s1. The summed E-state index contributed by atoms with van der Waals surface area (Å²) in [6.45, 7) is 4.03. The molecule has 0 saturated carbocycles. The van der Waals surface area contributed by atoms with Crippen molar-refractivity contribution >= 4 is 54.0 Å². The van der Waals surface area contributed by atoms with Gasteiger partial charge in [-0.05, 0) is 55.3 Å². The van der Waals surface area contributed by atoms with Gasteiger partial charge in [-0.1, -0.05) is 24.4 Å². The number of anilines is 2. The van der Waals surface area contributed by atoms with Crippen LogP contribution in [0.25, 0.3) is 17.3 Å². The summed E-state index contributed by atoms with van der Waals surface area (Å²) in [6, 6.07) is 9.65. The zero-order valence-electron chi connectivity index (χ0n) is 21.1. The van der Waals surface area contributed by atoms with Crippen LogP contribution in [0.5, 0.6) is 0 Å². The van der Waals surface area contributed by atoms with E-state index in [0.29, 0.717) is 39.8 Å². The summed E-state index contributed by atoms with van der Waals surface area (Å²) in [5.41, 5.74) is 3.53. The van der Waals surface area contributed by atoms with Crippen LogP contribution in [0.2, 0.25) is 5.02 Å². The van der Waals surface area contributed by atoms with Gasteiger partial charge >= 0.3 is 5.97 Å². The van der Waals surface area contributed by atoms with E-state index >= 15 is 0 Å². The van der Waals surface area contributed by atoms with E-state index in [1.54, 1.807) is 48.7 Å². The third-order valence-electron chi connectivity index (χ3n) is 6.22. The minimum atomic E-state index is -1.01. The number of nitrogens with one attached hydrogen (secondary N) is 3. The highest BCUT2D eigenvalue weighted by Gasteiger charge is 2.20. The molecule has 0 spiro atoms. The van der Waals surface area contributed by atoms with Crippen LogP contribution in [0, 0.1) is 0 Å². The molecule has 1 aromatic heterocycles. The Morgan fingerprint density at radius 1 is 1.23 bits per heavy atom. The van der Waals surface area contributed by atoms with E-state index in [2.05, 4.69) is 37.5 Å². The molecule has 11 nitrogen and oxygen atoms in total. The predicted octanol–water partition coefficient (Wildman–Crippen LogP) is 4.61. The molecule has 0 aliphatic carbocycles. The normalized spacial score (nSPS) is 15.6. The monoisotopic (exact) mass is 548 g/mol. The van der Waals surface area contributed by atoms with Gasteiger partial charge in [-0.25, -0.2) is 15.6 Å². The Bertz CT molecular complexity index is 1420. The van der Waals surface area contributed by atoms with Crippen LogP contribution < -0.4 is 21.5 Å². The summed E-state index contributed by atoms with van der Waals surface area (Å²) in [5.74, 6) is 5.28. The van der Waals surface area contributed by atoms with Crippen molar-refractivity contribution in [1.29, 1.82) is 0 Å². The van der Waals surface area contributed by atoms with Gasteiger partial charge in [0.1, 0.15) is 12.2 Å². The number of halogens is 1. The van der Waals surface area contributed by atoms with Crippen LogP contribution in [0.1, 0.15) is 53.5 Å². The summed E-state index contributed by atoms with van der Waals surface area (Å²) in [5, 5.41) is 24.7. The molecule has 39 heavy (non-hydrogen) atoms. The number of aromatic carboxylic acids is 1. The van der Waals surface area contributed by atoms with E-state index < -0.39 is 5.97 Å². The Morgan fingerprint density at radius 3 is 2.87 bits per heavy atom. The number of nitrogens with zero attached hydrogens (tertiary/aromatic N) is 4. The third-order valence-corrected chi connectivity index (χ3v) is 6.46. The maximum atomic E-state index is 13.0. The van der Waals surface area contributed by atoms with Crippen molar-refractivity contribution in [2.24, 2.45) is 16.0 Å². The molecule has 1 aliphatic rings. The number of benzene rings is 2. The summed E-state index contributed by atoms with van der Waals surface area (Å²) in [4.78, 5) is 32.4. The Balaban J connectivity index is 1.57. The number of imidazole rings is 1. The molecule has 1 amide bonds. The number of carbonyl (C=O) groups excluding carboxylic acids is 1. The lowest BCUT2D eigenvalue weighted by Gasteiger charge is -2.18. The number of aromatic nitrogens is 2. The van der Waals surface area contributed by atoms with Crippen molar-refractivity contribution in [2.45, 2.75) is 31.7 Å². The smallest absolute Gasteiger partial charge is 0.335 e. The fraction of sp³-hybridized carbons (Fsp3) is 0.222. The van der Waals surface area contributed by atoms with Crippen LogP contribution in [-0.2, 0) is 4.79 Å². The molecular formula is C27H29ClN8O3. The summed E-state index contributed by atoms with van der Waals surface area (Å²) in [7, 11) is 0. The van der Waals surface area contributed by atoms with Gasteiger partial charge in [-0.3, -0.25) is 9.80 Å². The highest BCUT2D eigenvalue weighted by molar-refractivity contribution is 6.30. The molecule has 1 aliphatic heterocycles. The molecule has 6 N–H and O–H groups in total. The van der Waals surface area contributed by atoms with Crippen molar-refractivity contribution in [2.75, 3.05) is 16.9 Å². The van der Waals surface area contributed by atoms with Crippen molar-refractivity contribution in [3.63, 3.8) is 0 Å². The van der Waals surface area contributed by atoms with Crippen molar-refractivity contribution in [3.05, 3.63) is 70.6 Å². The van der Waals surface area contributed by atoms with Crippen LogP contribution in [0.4, 0.5) is 11.4 Å². The van der Waals surface area contributed by atoms with E-state index in [1.807, 2.05) is 0 Å². The molecule has 2 aromatic carbocycles. The van der Waals surface area contributed by atoms with Gasteiger partial charge in [-0.2, -0.15) is 5.10 Å². The Morgan fingerprint density at radius 2 is 2.08 bits per heavy atom. The van der Waals surface area contributed by atoms with Crippen LogP contribution >= 0.6 is 11.6 Å². The van der Waals surface area contributed by atoms with Gasteiger partial charge in [0.25, 0.3) is 0 Å². The lowest BCUT2D eigenvalue weighted by Crippen LogP contribution is -2.29. The number of carboxylic acids is 1. The fourth-order valence-electron chi connectivity index (χ4n) is 4.29. The Labute approximate surface area is 230 Å². The number of carbonyl (C=O) groups is 2. The van der Waals surface area contributed by atoms with Crippen LogP contribution in [0.15, 0.2) is 58.9 Å². The molecule has 4 rings (SSSR count). The number of hydrogen-bond acceptors (Lipinski definition) is 7. The van der Waals surface area contributed by atoms with Crippen molar-refractivity contribution in [1.82, 2.24) is 15.3 Å². The zero-order valence-corrected chi connectivity index (χ0v) is 21.9. The molecule has 3 aromatic rings. The van der Waals surface area contributed by atoms with E-state index in [0.717, 1.165) is 31.5 Å². The number of H-pyrrole nitrogens is 1. The topological polar surface area (TPSA) is 161 Å². The van der Waals surface area contributed by atoms with Gasteiger partial charge in [0, 0.05) is 41.2 Å². The maximum absolute atomic E-state index is 13.0. The van der Waals surface area contributed by atoms with Crippen molar-refractivity contribution in [3.8, 4) is 11.3 Å². The summed E-state index contributed by atoms with van der Waals surface area (Å²) < 4.78 is 0. The number of carboxylic acid groups (broad SMARTS) is 1. The number of aromatic amines is 1. The second-order valence-electron chi connectivity index (χ2n) is 8.90. The second kappa shape index (κ2) is 12.9. The summed E-state index contributed by atoms with van der Waals surface area (Å²) in [6.07, 6.45) is 9.41. The number of hydrogen-bond donors (Lipinski definition) is 5. The van der Waals surface area contributed by atoms with Gasteiger partial charge in [0.05, 0.1) is 29.2 Å². The molecule has 2 heterocycles. The average Bonchev–Trinajstić information content (AvgIpc) is 3.41. The first-order valence-electron chi connectivity index (χ1n) is 12.3. The van der Waals surface area contributed by atoms with Crippen LogP contribution in [-0.4, -0.2) is 46.6 Å². The molecule has 0 saturated heterocycles. The van der Waals surface area contributed by atoms with E-state index in [1.165, 1.54) is 17.4 Å². The molecule has 0 unspecified atom stereocenters. The molecule has 202 valence electrons. The molecular weight excluding hydrogens is 520 g/mol. The van der Waals surface area contributed by atoms with E-state index in [9.17, 15) is 14.7 Å². The largest absolute Gasteiger partial charge is 0.478 e. The quantitative estimate of drug-likeness (QED) is 0.0946. The third kappa shape index (κ3) is 7.09. The zero-order chi connectivity index (χ0) is 27.8. The van der Waals surface area contributed by atoms with E-state index in [4.69, 9.17) is 17.4 Å². The Kier molecular flexibility index (Phi) is 9.08. The fourth-order valence-corrected chi connectivity index (χ4v) is 4.47. The van der Waals surface area contributed by atoms with E-state index in [-0.39, 0.29) is 17.5 Å². The Hall–Kier alpha value is -4.48. The molecule has 2 bridgehead atoms. The SMILES string of the molecule is C=N/N=C\N(N)c1ccc(Cl)cc1/C=C/C(=O)N[C@H]1CCCCCNc2ccc(C(=O)O)cc2-c2cnc1[nH]2. The van der Waals surface area contributed by atoms with Crippen molar-refractivity contribution < 1.29 is 14.7 Å². The van der Waals surface area contributed by atoms with Crippen LogP contribution in [0.3, 0.4) is 0 Å². The second-order valence-corrected chi connectivity index (χ2v) is 9.34. The lowest BCUT2D eigenvalue weighted by atomic mass is 10.0. The molecule has 0 fully saturated rings. The number of fused-ring (bicyclic) bond motifs is 4. The van der Waals surface area contributed by atoms with Gasteiger partial charge < -0.3 is 20.7 Å². The first-order chi connectivity index (χ1) is 18.9. The molecule has 0 radical (unpaired) electrons. The lowest BCUT2D eigenvalue weighted by molar-refractivity contribution is -0.117. The van der Waals surface area contributed by atoms with Gasteiger partial charge in [-0.15, -0.1) is 5.10 Å². The average molecular weight is 549 g/mol. The number of nitrogens with two attached hydrogens (primary N) is 1. The van der Waals surface area contributed by atoms with Gasteiger partial charge in [0.15, 0.2) is 0 Å². The minimum absolute atomic E-state index is 0.178. The number of amides is 1. The highest BCUT2D eigenvalue weighted by atomic mass is 35.5. The first-order valence-corrected chi connectivity index (χ1v) is 12.7. The minimum Gasteiger partial charge on any atom is -0.478 e. The maximum Gasteiger partial charge on any atom is 0.335 e. The summed E-state index contributed by atoms with van der Waals surface area (Å²) >= 11 is 6.17. The van der Waals surface area contributed by atoms with Gasteiger partial charge in [0.2, 0.25) is 5.91 Å². The molecule has 12 heteroatoms.